The van der Waals surface area contributed by atoms with Crippen molar-refractivity contribution in [1.29, 1.82) is 0 Å². The van der Waals surface area contributed by atoms with Gasteiger partial charge in [-0.15, -0.1) is 0 Å². The Hall–Kier alpha value is -2.31. The topological polar surface area (TPSA) is 228 Å². The molecular formula is C69H125NO13. The fourth-order valence-electron chi connectivity index (χ4n) is 11.0. The second kappa shape index (κ2) is 53.9. The van der Waals surface area contributed by atoms with Crippen molar-refractivity contribution in [2.75, 3.05) is 19.8 Å². The number of ether oxygens (including phenoxy) is 4. The van der Waals surface area contributed by atoms with E-state index >= 15 is 0 Å². The number of nitrogens with one attached hydrogen (secondary N) is 1. The van der Waals surface area contributed by atoms with E-state index < -0.39 is 86.8 Å². The van der Waals surface area contributed by atoms with Gasteiger partial charge in [-0.3, -0.25) is 4.79 Å². The third-order valence-corrected chi connectivity index (χ3v) is 16.5. The number of aliphatic hydroxyl groups is 8. The molecule has 0 aromatic heterocycles. The van der Waals surface area contributed by atoms with Gasteiger partial charge in [-0.25, -0.2) is 0 Å². The Balaban J connectivity index is 1.52. The summed E-state index contributed by atoms with van der Waals surface area (Å²) in [5.41, 5.74) is 0. The lowest BCUT2D eigenvalue weighted by Gasteiger charge is -2.46. The summed E-state index contributed by atoms with van der Waals surface area (Å²) in [4.78, 5) is 13.2. The first kappa shape index (κ1) is 76.8. The molecule has 2 fully saturated rings. The lowest BCUT2D eigenvalue weighted by molar-refractivity contribution is -0.359. The molecule has 0 aromatic rings. The van der Waals surface area contributed by atoms with Crippen LogP contribution in [0.15, 0.2) is 60.8 Å². The van der Waals surface area contributed by atoms with Gasteiger partial charge in [0.2, 0.25) is 5.91 Å². The van der Waals surface area contributed by atoms with Crippen LogP contribution in [0.1, 0.15) is 277 Å². The maximum atomic E-state index is 13.2. The molecule has 2 rings (SSSR count). The SMILES string of the molecule is CC/C=C\C/C=C\C/C=C\C/C=C\CCCCCCCCCCCCCCCCCCCCCCCCCCCCC(=O)NC(COC1OC(CO)C(OC2OC(CO)C(O)C(O)C2O)C(O)C1O)C(O)/C=C/CCCCCCCCCC. The minimum Gasteiger partial charge on any atom is -0.394 e. The van der Waals surface area contributed by atoms with E-state index in [2.05, 4.69) is 67.8 Å². The van der Waals surface area contributed by atoms with Crippen LogP contribution >= 0.6 is 0 Å². The predicted molar refractivity (Wildman–Crippen MR) is 337 cm³/mol. The summed E-state index contributed by atoms with van der Waals surface area (Å²) in [6.07, 6.45) is 54.7. The van der Waals surface area contributed by atoms with Crippen molar-refractivity contribution in [3.05, 3.63) is 60.8 Å². The molecule has 9 N–H and O–H groups in total. The Morgan fingerprint density at radius 3 is 1.28 bits per heavy atom. The average molecular weight is 1180 g/mol. The maximum Gasteiger partial charge on any atom is 0.220 e. The van der Waals surface area contributed by atoms with Gasteiger partial charge in [0, 0.05) is 6.42 Å². The van der Waals surface area contributed by atoms with E-state index in [1.807, 2.05) is 6.08 Å². The van der Waals surface area contributed by atoms with E-state index in [1.54, 1.807) is 6.08 Å². The van der Waals surface area contributed by atoms with Crippen LogP contribution < -0.4 is 5.32 Å². The van der Waals surface area contributed by atoms with Gasteiger partial charge in [0.15, 0.2) is 12.6 Å². The van der Waals surface area contributed by atoms with Crippen molar-refractivity contribution in [3.8, 4) is 0 Å². The minimum atomic E-state index is -1.79. The van der Waals surface area contributed by atoms with Crippen LogP contribution in [0.25, 0.3) is 0 Å². The molecule has 12 atom stereocenters. The van der Waals surface area contributed by atoms with Gasteiger partial charge in [0.05, 0.1) is 32.0 Å². The van der Waals surface area contributed by atoms with E-state index in [9.17, 15) is 45.6 Å². The standard InChI is InChI=1S/C69H125NO13/c1-3-5-7-9-11-13-15-16-17-18-19-20-21-22-23-24-25-26-27-28-29-30-31-32-33-34-35-36-37-38-39-40-41-42-43-45-47-49-51-53-61(74)70-57(58(73)52-50-48-46-44-14-12-10-8-6-4-2)56-80-68-66(79)64(77)67(60(55-72)82-68)83-69-65(78)63(76)62(75)59(54-71)81-69/h5,7,11,13,16-17,19-20,50,52,57-60,62-69,71-73,75-79H,3-4,6,8-10,12,14-15,18,21-49,51,53-56H2,1-2H3,(H,70,74)/b7-5-,13-11-,17-16-,20-19-,52-50+. The molecular weight excluding hydrogens is 1050 g/mol. The van der Waals surface area contributed by atoms with Crippen LogP contribution in [0.2, 0.25) is 0 Å². The number of allylic oxidation sites excluding steroid dienone is 9. The highest BCUT2D eigenvalue weighted by molar-refractivity contribution is 5.76. The predicted octanol–water partition coefficient (Wildman–Crippen LogP) is 13.3. The molecule has 2 aliphatic heterocycles. The second-order valence-corrected chi connectivity index (χ2v) is 23.9. The molecule has 14 nitrogen and oxygen atoms in total. The molecule has 0 aliphatic carbocycles. The number of hydrogen-bond acceptors (Lipinski definition) is 13. The van der Waals surface area contributed by atoms with Crippen molar-refractivity contribution in [3.63, 3.8) is 0 Å². The molecule has 2 aliphatic rings. The normalized spacial score (nSPS) is 24.2. The molecule has 484 valence electrons. The number of carbonyl (C=O) groups is 1. The molecule has 2 heterocycles. The first-order valence-corrected chi connectivity index (χ1v) is 34.0. The molecule has 0 bridgehead atoms. The minimum absolute atomic E-state index is 0.238. The van der Waals surface area contributed by atoms with Gasteiger partial charge in [0.25, 0.3) is 0 Å². The fourth-order valence-corrected chi connectivity index (χ4v) is 11.0. The zero-order chi connectivity index (χ0) is 60.2. The van der Waals surface area contributed by atoms with Crippen molar-refractivity contribution in [2.45, 2.75) is 351 Å². The van der Waals surface area contributed by atoms with Crippen LogP contribution in [0, 0.1) is 0 Å². The van der Waals surface area contributed by atoms with Crippen LogP contribution in [-0.2, 0) is 23.7 Å². The van der Waals surface area contributed by atoms with Crippen molar-refractivity contribution < 1.29 is 64.6 Å². The van der Waals surface area contributed by atoms with Crippen molar-refractivity contribution in [1.82, 2.24) is 5.32 Å². The highest BCUT2D eigenvalue weighted by atomic mass is 16.7. The maximum absolute atomic E-state index is 13.2. The first-order chi connectivity index (χ1) is 40.6. The van der Waals surface area contributed by atoms with Crippen LogP contribution in [-0.4, -0.2) is 140 Å². The Labute approximate surface area is 505 Å². The third kappa shape index (κ3) is 38.6. The second-order valence-electron chi connectivity index (χ2n) is 23.9. The number of carbonyl (C=O) groups excluding carboxylic acids is 1. The summed E-state index contributed by atoms with van der Waals surface area (Å²) in [5.74, 6) is -0.238. The van der Waals surface area contributed by atoms with Crippen LogP contribution in [0.3, 0.4) is 0 Å². The Morgan fingerprint density at radius 2 is 0.831 bits per heavy atom. The molecule has 0 saturated carbocycles. The molecule has 0 aromatic carbocycles. The fraction of sp³-hybridized carbons (Fsp3) is 0.841. The van der Waals surface area contributed by atoms with Gasteiger partial charge < -0.3 is 65.1 Å². The zero-order valence-electron chi connectivity index (χ0n) is 52.4. The van der Waals surface area contributed by atoms with Gasteiger partial charge in [-0.2, -0.15) is 0 Å². The Kier molecular flexibility index (Phi) is 49.9. The van der Waals surface area contributed by atoms with Gasteiger partial charge >= 0.3 is 0 Å². The summed E-state index contributed by atoms with van der Waals surface area (Å²) in [6, 6.07) is -0.912. The largest absolute Gasteiger partial charge is 0.394 e. The lowest BCUT2D eigenvalue weighted by atomic mass is 9.97. The number of hydrogen-bond donors (Lipinski definition) is 9. The molecule has 14 heteroatoms. The molecule has 2 saturated heterocycles. The summed E-state index contributed by atoms with van der Waals surface area (Å²) < 4.78 is 22.8. The monoisotopic (exact) mass is 1180 g/mol. The van der Waals surface area contributed by atoms with Gasteiger partial charge in [-0.1, -0.05) is 274 Å². The summed E-state index contributed by atoms with van der Waals surface area (Å²) in [5, 5.41) is 87.0. The highest BCUT2D eigenvalue weighted by Crippen LogP contribution is 2.30. The van der Waals surface area contributed by atoms with Crippen LogP contribution in [0.4, 0.5) is 0 Å². The van der Waals surface area contributed by atoms with E-state index in [1.165, 1.54) is 186 Å². The molecule has 0 spiro atoms. The number of unbranched alkanes of at least 4 members (excludes halogenated alkanes) is 34. The summed E-state index contributed by atoms with van der Waals surface area (Å²) in [7, 11) is 0. The van der Waals surface area contributed by atoms with E-state index in [0.29, 0.717) is 6.42 Å². The number of amides is 1. The summed E-state index contributed by atoms with van der Waals surface area (Å²) in [6.45, 7) is 2.67. The molecule has 1 amide bonds. The Bertz CT molecular complexity index is 1620. The smallest absolute Gasteiger partial charge is 0.220 e. The van der Waals surface area contributed by atoms with E-state index in [-0.39, 0.29) is 18.9 Å². The zero-order valence-corrected chi connectivity index (χ0v) is 52.4. The molecule has 12 unspecified atom stereocenters. The lowest BCUT2D eigenvalue weighted by Crippen LogP contribution is -2.65. The first-order valence-electron chi connectivity index (χ1n) is 34.0. The third-order valence-electron chi connectivity index (χ3n) is 16.5. The molecule has 83 heavy (non-hydrogen) atoms. The van der Waals surface area contributed by atoms with E-state index in [0.717, 1.165) is 64.2 Å². The molecule has 0 radical (unpaired) electrons. The number of rotatable bonds is 55. The van der Waals surface area contributed by atoms with Crippen LogP contribution in [0.5, 0.6) is 0 Å². The van der Waals surface area contributed by atoms with Gasteiger partial charge in [0.1, 0.15) is 48.8 Å². The van der Waals surface area contributed by atoms with Crippen molar-refractivity contribution >= 4 is 5.91 Å². The quantitative estimate of drug-likeness (QED) is 0.0204. The summed E-state index contributed by atoms with van der Waals surface area (Å²) >= 11 is 0. The highest BCUT2D eigenvalue weighted by Gasteiger charge is 2.51. The van der Waals surface area contributed by atoms with Gasteiger partial charge in [-0.05, 0) is 57.8 Å². The van der Waals surface area contributed by atoms with Crippen molar-refractivity contribution in [2.24, 2.45) is 0 Å². The average Bonchev–Trinajstić information content (AvgIpc) is 3.47. The van der Waals surface area contributed by atoms with E-state index in [4.69, 9.17) is 18.9 Å². The number of aliphatic hydroxyl groups excluding tert-OH is 8. The Morgan fingerprint density at radius 1 is 0.446 bits per heavy atom.